The van der Waals surface area contributed by atoms with Crippen LogP contribution in [0.15, 0.2) is 60.7 Å². The third-order valence-electron chi connectivity index (χ3n) is 3.63. The molecule has 0 saturated carbocycles. The molecule has 0 saturated heterocycles. The van der Waals surface area contributed by atoms with Crippen molar-refractivity contribution in [1.82, 2.24) is 10.2 Å². The summed E-state index contributed by atoms with van der Waals surface area (Å²) >= 11 is 0. The maximum Gasteiger partial charge on any atom is 0.247 e. The molecule has 2 amide bonds. The van der Waals surface area contributed by atoms with Crippen LogP contribution >= 0.6 is 0 Å². The summed E-state index contributed by atoms with van der Waals surface area (Å²) in [7, 11) is 0. The van der Waals surface area contributed by atoms with Crippen molar-refractivity contribution in [3.8, 4) is 0 Å². The third-order valence-corrected chi connectivity index (χ3v) is 3.63. The molecule has 4 nitrogen and oxygen atoms in total. The van der Waals surface area contributed by atoms with Crippen molar-refractivity contribution >= 4 is 11.8 Å². The van der Waals surface area contributed by atoms with Crippen LogP contribution in [0.4, 0.5) is 0 Å². The van der Waals surface area contributed by atoms with Gasteiger partial charge in [0.05, 0.1) is 0 Å². The fourth-order valence-electron chi connectivity index (χ4n) is 2.54. The standard InChI is InChI=1S/C19H22N2O2/c1-3-20-19(23)18(17-12-8-5-9-13-17)21(15(2)22)14-16-10-6-4-7-11-16/h4-13,18H,3,14H2,1-2H3,(H,20,23). The van der Waals surface area contributed by atoms with Gasteiger partial charge in [0, 0.05) is 20.0 Å². The molecule has 1 unspecified atom stereocenters. The minimum atomic E-state index is -0.631. The largest absolute Gasteiger partial charge is 0.354 e. The van der Waals surface area contributed by atoms with Gasteiger partial charge < -0.3 is 10.2 Å². The van der Waals surface area contributed by atoms with Crippen LogP contribution in [0.1, 0.15) is 31.0 Å². The van der Waals surface area contributed by atoms with Crippen molar-refractivity contribution in [1.29, 1.82) is 0 Å². The number of nitrogens with zero attached hydrogens (tertiary/aromatic N) is 1. The third kappa shape index (κ3) is 4.42. The van der Waals surface area contributed by atoms with Crippen LogP contribution < -0.4 is 5.32 Å². The summed E-state index contributed by atoms with van der Waals surface area (Å²) in [5, 5.41) is 2.83. The molecule has 0 spiro atoms. The number of nitrogens with one attached hydrogen (secondary N) is 1. The molecule has 1 atom stereocenters. The monoisotopic (exact) mass is 310 g/mol. The summed E-state index contributed by atoms with van der Waals surface area (Å²) < 4.78 is 0. The average molecular weight is 310 g/mol. The highest BCUT2D eigenvalue weighted by Gasteiger charge is 2.29. The van der Waals surface area contributed by atoms with Crippen LogP contribution in [0.5, 0.6) is 0 Å². The molecule has 0 aliphatic rings. The lowest BCUT2D eigenvalue weighted by molar-refractivity contribution is -0.140. The van der Waals surface area contributed by atoms with Crippen molar-refractivity contribution in [2.75, 3.05) is 6.54 Å². The number of hydrogen-bond donors (Lipinski definition) is 1. The highest BCUT2D eigenvalue weighted by molar-refractivity contribution is 5.88. The first-order chi connectivity index (χ1) is 11.1. The molecule has 2 aromatic rings. The fraction of sp³-hybridized carbons (Fsp3) is 0.263. The lowest BCUT2D eigenvalue weighted by Crippen LogP contribution is -2.42. The summed E-state index contributed by atoms with van der Waals surface area (Å²) in [6.45, 7) is 4.29. The summed E-state index contributed by atoms with van der Waals surface area (Å²) in [5.74, 6) is -0.293. The second-order valence-corrected chi connectivity index (χ2v) is 5.34. The van der Waals surface area contributed by atoms with Gasteiger partial charge in [0.15, 0.2) is 0 Å². The van der Waals surface area contributed by atoms with E-state index < -0.39 is 6.04 Å². The molecule has 0 bridgehead atoms. The smallest absolute Gasteiger partial charge is 0.247 e. The van der Waals surface area contributed by atoms with Crippen LogP contribution in [0.2, 0.25) is 0 Å². The number of rotatable bonds is 6. The predicted molar refractivity (Wildman–Crippen MR) is 90.5 cm³/mol. The predicted octanol–water partition coefficient (Wildman–Crippen LogP) is 2.91. The van der Waals surface area contributed by atoms with E-state index >= 15 is 0 Å². The van der Waals surface area contributed by atoms with Gasteiger partial charge in [0.25, 0.3) is 0 Å². The minimum absolute atomic E-state index is 0.131. The van der Waals surface area contributed by atoms with E-state index in [0.29, 0.717) is 13.1 Å². The van der Waals surface area contributed by atoms with Gasteiger partial charge in [-0.2, -0.15) is 0 Å². The lowest BCUT2D eigenvalue weighted by Gasteiger charge is -2.30. The number of hydrogen-bond acceptors (Lipinski definition) is 2. The average Bonchev–Trinajstić information content (AvgIpc) is 2.56. The Bertz CT molecular complexity index is 641. The van der Waals surface area contributed by atoms with Gasteiger partial charge in [0.2, 0.25) is 11.8 Å². The molecule has 4 heteroatoms. The molecule has 1 N–H and O–H groups in total. The van der Waals surface area contributed by atoms with Crippen molar-refractivity contribution in [3.05, 3.63) is 71.8 Å². The molecule has 0 fully saturated rings. The van der Waals surface area contributed by atoms with Gasteiger partial charge in [-0.1, -0.05) is 60.7 Å². The van der Waals surface area contributed by atoms with Crippen molar-refractivity contribution < 1.29 is 9.59 Å². The Morgan fingerprint density at radius 1 is 1.00 bits per heavy atom. The topological polar surface area (TPSA) is 49.4 Å². The Morgan fingerprint density at radius 2 is 1.57 bits per heavy atom. The van der Waals surface area contributed by atoms with Crippen LogP contribution in [0, 0.1) is 0 Å². The second kappa shape index (κ2) is 8.13. The fourth-order valence-corrected chi connectivity index (χ4v) is 2.54. The van der Waals surface area contributed by atoms with E-state index in [1.807, 2.05) is 67.6 Å². The summed E-state index contributed by atoms with van der Waals surface area (Å²) in [6.07, 6.45) is 0. The SMILES string of the molecule is CCNC(=O)C(c1ccccc1)N(Cc1ccccc1)C(C)=O. The Labute approximate surface area is 137 Å². The normalized spacial score (nSPS) is 11.6. The lowest BCUT2D eigenvalue weighted by atomic mass is 10.0. The van der Waals surface area contributed by atoms with E-state index in [2.05, 4.69) is 5.32 Å². The molecule has 0 radical (unpaired) electrons. The summed E-state index contributed by atoms with van der Waals surface area (Å²) in [5.41, 5.74) is 1.80. The first-order valence-corrected chi connectivity index (χ1v) is 7.77. The van der Waals surface area contributed by atoms with E-state index in [9.17, 15) is 9.59 Å². The van der Waals surface area contributed by atoms with Crippen molar-refractivity contribution in [2.24, 2.45) is 0 Å². The first kappa shape index (κ1) is 16.7. The maximum absolute atomic E-state index is 12.6. The van der Waals surface area contributed by atoms with Gasteiger partial charge in [-0.25, -0.2) is 0 Å². The van der Waals surface area contributed by atoms with E-state index in [1.54, 1.807) is 4.90 Å². The zero-order valence-electron chi connectivity index (χ0n) is 13.5. The van der Waals surface area contributed by atoms with Gasteiger partial charge in [-0.05, 0) is 18.1 Å². The Kier molecular flexibility index (Phi) is 5.92. The van der Waals surface area contributed by atoms with Crippen LogP contribution in [-0.4, -0.2) is 23.3 Å². The highest BCUT2D eigenvalue weighted by Crippen LogP contribution is 2.23. The van der Waals surface area contributed by atoms with E-state index in [-0.39, 0.29) is 11.8 Å². The number of likely N-dealkylation sites (N-methyl/N-ethyl adjacent to an activating group) is 1. The number of amides is 2. The Hall–Kier alpha value is -2.62. The van der Waals surface area contributed by atoms with E-state index in [0.717, 1.165) is 11.1 Å². The van der Waals surface area contributed by atoms with E-state index in [1.165, 1.54) is 6.92 Å². The van der Waals surface area contributed by atoms with Crippen LogP contribution in [0.3, 0.4) is 0 Å². The molecule has 0 aromatic heterocycles. The van der Waals surface area contributed by atoms with Crippen LogP contribution in [0.25, 0.3) is 0 Å². The number of benzene rings is 2. The molecule has 120 valence electrons. The highest BCUT2D eigenvalue weighted by atomic mass is 16.2. The molecule has 23 heavy (non-hydrogen) atoms. The molecule has 0 aliphatic heterocycles. The summed E-state index contributed by atoms with van der Waals surface area (Å²) in [4.78, 5) is 26.4. The molecule has 0 heterocycles. The number of carbonyl (C=O) groups is 2. The zero-order chi connectivity index (χ0) is 16.7. The van der Waals surface area contributed by atoms with Gasteiger partial charge in [-0.15, -0.1) is 0 Å². The zero-order valence-corrected chi connectivity index (χ0v) is 13.5. The van der Waals surface area contributed by atoms with Crippen molar-refractivity contribution in [2.45, 2.75) is 26.4 Å². The minimum Gasteiger partial charge on any atom is -0.354 e. The molecular weight excluding hydrogens is 288 g/mol. The van der Waals surface area contributed by atoms with Crippen molar-refractivity contribution in [3.63, 3.8) is 0 Å². The second-order valence-electron chi connectivity index (χ2n) is 5.34. The molecule has 0 aliphatic carbocycles. The Morgan fingerprint density at radius 3 is 2.09 bits per heavy atom. The van der Waals surface area contributed by atoms with Gasteiger partial charge in [-0.3, -0.25) is 9.59 Å². The Balaban J connectivity index is 2.36. The van der Waals surface area contributed by atoms with Crippen LogP contribution in [-0.2, 0) is 16.1 Å². The first-order valence-electron chi connectivity index (χ1n) is 7.77. The van der Waals surface area contributed by atoms with Gasteiger partial charge in [0.1, 0.15) is 6.04 Å². The molecule has 2 aromatic carbocycles. The van der Waals surface area contributed by atoms with Gasteiger partial charge >= 0.3 is 0 Å². The molecular formula is C19H22N2O2. The number of carbonyl (C=O) groups excluding carboxylic acids is 2. The van der Waals surface area contributed by atoms with E-state index in [4.69, 9.17) is 0 Å². The quantitative estimate of drug-likeness (QED) is 0.892. The summed E-state index contributed by atoms with van der Waals surface area (Å²) in [6, 6.07) is 18.5. The maximum atomic E-state index is 12.6. The molecule has 2 rings (SSSR count).